The molecule has 0 fully saturated rings. The summed E-state index contributed by atoms with van der Waals surface area (Å²) in [5, 5.41) is 2.45. The molecule has 16 heavy (non-hydrogen) atoms. The Balaban J connectivity index is 2.75. The molecule has 0 aliphatic heterocycles. The SMILES string of the molecule is O=C(CBr)Nc1cccc(OC(F)(F)F)c1. The maximum atomic E-state index is 11.9. The van der Waals surface area contributed by atoms with E-state index in [0.717, 1.165) is 12.1 Å². The van der Waals surface area contributed by atoms with Gasteiger partial charge in [-0.25, -0.2) is 0 Å². The van der Waals surface area contributed by atoms with Crippen LogP contribution in [0.2, 0.25) is 0 Å². The number of benzene rings is 1. The molecule has 0 aliphatic carbocycles. The Labute approximate surface area is 97.7 Å². The molecule has 3 nitrogen and oxygen atoms in total. The maximum Gasteiger partial charge on any atom is 0.573 e. The third-order valence-corrected chi connectivity index (χ3v) is 1.98. The predicted molar refractivity (Wildman–Crippen MR) is 55.5 cm³/mol. The second kappa shape index (κ2) is 5.20. The number of hydrogen-bond donors (Lipinski definition) is 1. The van der Waals surface area contributed by atoms with Gasteiger partial charge in [-0.3, -0.25) is 4.79 Å². The second-order valence-electron chi connectivity index (χ2n) is 2.76. The summed E-state index contributed by atoms with van der Waals surface area (Å²) in [7, 11) is 0. The number of carbonyl (C=O) groups excluding carboxylic acids is 1. The average Bonchev–Trinajstić information content (AvgIpc) is 2.15. The molecular formula is C9H7BrF3NO2. The minimum Gasteiger partial charge on any atom is -0.406 e. The van der Waals surface area contributed by atoms with Gasteiger partial charge in [-0.1, -0.05) is 22.0 Å². The summed E-state index contributed by atoms with van der Waals surface area (Å²) in [5.41, 5.74) is 0.242. The normalized spacial score (nSPS) is 11.0. The highest BCUT2D eigenvalue weighted by Crippen LogP contribution is 2.24. The van der Waals surface area contributed by atoms with Crippen LogP contribution in [-0.4, -0.2) is 17.6 Å². The lowest BCUT2D eigenvalue weighted by Crippen LogP contribution is -2.17. The highest BCUT2D eigenvalue weighted by Gasteiger charge is 2.31. The van der Waals surface area contributed by atoms with Crippen molar-refractivity contribution in [2.24, 2.45) is 0 Å². The van der Waals surface area contributed by atoms with Gasteiger partial charge in [0.15, 0.2) is 0 Å². The Kier molecular flexibility index (Phi) is 4.17. The van der Waals surface area contributed by atoms with E-state index in [0.29, 0.717) is 0 Å². The number of hydrogen-bond acceptors (Lipinski definition) is 2. The van der Waals surface area contributed by atoms with Crippen LogP contribution in [0.15, 0.2) is 24.3 Å². The third-order valence-electron chi connectivity index (χ3n) is 1.47. The van der Waals surface area contributed by atoms with Crippen molar-refractivity contribution in [3.05, 3.63) is 24.3 Å². The number of ether oxygens (including phenoxy) is 1. The van der Waals surface area contributed by atoms with E-state index in [1.54, 1.807) is 0 Å². The lowest BCUT2D eigenvalue weighted by atomic mass is 10.3. The highest BCUT2D eigenvalue weighted by molar-refractivity contribution is 9.09. The molecule has 88 valence electrons. The van der Waals surface area contributed by atoms with Crippen molar-refractivity contribution in [1.29, 1.82) is 0 Å². The standard InChI is InChI=1S/C9H7BrF3NO2/c10-5-8(15)14-6-2-1-3-7(4-6)16-9(11,12)13/h1-4H,5H2,(H,14,15). The molecule has 0 atom stereocenters. The summed E-state index contributed by atoms with van der Waals surface area (Å²) < 4.78 is 39.3. The van der Waals surface area contributed by atoms with Gasteiger partial charge in [0.05, 0.1) is 5.33 Å². The lowest BCUT2D eigenvalue weighted by molar-refractivity contribution is -0.274. The first-order chi connectivity index (χ1) is 7.40. The Morgan fingerprint density at radius 1 is 1.44 bits per heavy atom. The van der Waals surface area contributed by atoms with Crippen LogP contribution < -0.4 is 10.1 Å². The molecule has 0 heterocycles. The van der Waals surface area contributed by atoms with Gasteiger partial charge in [-0.05, 0) is 12.1 Å². The number of anilines is 1. The van der Waals surface area contributed by atoms with Crippen molar-refractivity contribution in [2.75, 3.05) is 10.6 Å². The summed E-state index contributed by atoms with van der Waals surface area (Å²) in [4.78, 5) is 11.0. The van der Waals surface area contributed by atoms with Crippen LogP contribution in [0.25, 0.3) is 0 Å². The van der Waals surface area contributed by atoms with Crippen LogP contribution in [-0.2, 0) is 4.79 Å². The number of amides is 1. The van der Waals surface area contributed by atoms with Gasteiger partial charge < -0.3 is 10.1 Å². The van der Waals surface area contributed by atoms with Gasteiger partial charge in [-0.15, -0.1) is 13.2 Å². The molecule has 1 rings (SSSR count). The second-order valence-corrected chi connectivity index (χ2v) is 3.32. The topological polar surface area (TPSA) is 38.3 Å². The van der Waals surface area contributed by atoms with E-state index in [9.17, 15) is 18.0 Å². The molecule has 1 aromatic rings. The van der Waals surface area contributed by atoms with Gasteiger partial charge in [0, 0.05) is 11.8 Å². The van der Waals surface area contributed by atoms with E-state index >= 15 is 0 Å². The molecule has 0 spiro atoms. The number of halogens is 4. The van der Waals surface area contributed by atoms with Crippen molar-refractivity contribution >= 4 is 27.5 Å². The highest BCUT2D eigenvalue weighted by atomic mass is 79.9. The first kappa shape index (κ1) is 12.8. The molecule has 0 aromatic heterocycles. The molecule has 0 saturated carbocycles. The summed E-state index contributed by atoms with van der Waals surface area (Å²) in [5.74, 6) is -0.732. The quantitative estimate of drug-likeness (QED) is 0.871. The molecule has 0 bridgehead atoms. The third kappa shape index (κ3) is 4.52. The fourth-order valence-electron chi connectivity index (χ4n) is 0.965. The van der Waals surface area contributed by atoms with Crippen LogP contribution in [0.4, 0.5) is 18.9 Å². The first-order valence-electron chi connectivity index (χ1n) is 4.12. The van der Waals surface area contributed by atoms with Crippen molar-refractivity contribution in [3.63, 3.8) is 0 Å². The van der Waals surface area contributed by atoms with E-state index in [2.05, 4.69) is 26.0 Å². The fourth-order valence-corrected chi connectivity index (χ4v) is 1.11. The molecule has 0 saturated heterocycles. The van der Waals surface area contributed by atoms with Crippen molar-refractivity contribution in [3.8, 4) is 5.75 Å². The number of alkyl halides is 4. The molecule has 0 aliphatic rings. The van der Waals surface area contributed by atoms with Gasteiger partial charge in [-0.2, -0.15) is 0 Å². The molecular weight excluding hydrogens is 291 g/mol. The Hall–Kier alpha value is -1.24. The zero-order chi connectivity index (χ0) is 12.2. The molecule has 0 radical (unpaired) electrons. The average molecular weight is 298 g/mol. The monoisotopic (exact) mass is 297 g/mol. The molecule has 0 unspecified atom stereocenters. The minimum absolute atomic E-state index is 0.0668. The number of nitrogens with one attached hydrogen (secondary N) is 1. The van der Waals surface area contributed by atoms with E-state index in [1.165, 1.54) is 12.1 Å². The van der Waals surface area contributed by atoms with Gasteiger partial charge in [0.25, 0.3) is 0 Å². The largest absolute Gasteiger partial charge is 0.573 e. The minimum atomic E-state index is -4.74. The fraction of sp³-hybridized carbons (Fsp3) is 0.222. The molecule has 7 heteroatoms. The maximum absolute atomic E-state index is 11.9. The zero-order valence-corrected chi connectivity index (χ0v) is 9.43. The summed E-state index contributed by atoms with van der Waals surface area (Å²) in [6.07, 6.45) is -4.74. The van der Waals surface area contributed by atoms with Crippen LogP contribution in [0.1, 0.15) is 0 Å². The Morgan fingerprint density at radius 2 is 2.12 bits per heavy atom. The molecule has 1 aromatic carbocycles. The smallest absolute Gasteiger partial charge is 0.406 e. The zero-order valence-electron chi connectivity index (χ0n) is 7.84. The predicted octanol–water partition coefficient (Wildman–Crippen LogP) is 2.92. The lowest BCUT2D eigenvalue weighted by Gasteiger charge is -2.10. The van der Waals surface area contributed by atoms with Gasteiger partial charge >= 0.3 is 6.36 Å². The van der Waals surface area contributed by atoms with Crippen molar-refractivity contribution < 1.29 is 22.7 Å². The van der Waals surface area contributed by atoms with Crippen molar-refractivity contribution in [1.82, 2.24) is 0 Å². The van der Waals surface area contributed by atoms with Gasteiger partial charge in [0.2, 0.25) is 5.91 Å². The van der Waals surface area contributed by atoms with E-state index in [1.807, 2.05) is 0 Å². The Morgan fingerprint density at radius 3 is 2.69 bits per heavy atom. The van der Waals surface area contributed by atoms with E-state index < -0.39 is 6.36 Å². The number of rotatable bonds is 3. The van der Waals surface area contributed by atoms with E-state index in [4.69, 9.17) is 0 Å². The molecule has 1 N–H and O–H groups in total. The van der Waals surface area contributed by atoms with Crippen LogP contribution in [0.5, 0.6) is 5.75 Å². The Bertz CT molecular complexity index is 381. The van der Waals surface area contributed by atoms with Crippen LogP contribution >= 0.6 is 15.9 Å². The molecule has 1 amide bonds. The van der Waals surface area contributed by atoms with Crippen LogP contribution in [0.3, 0.4) is 0 Å². The summed E-state index contributed by atoms with van der Waals surface area (Å²) in [6.45, 7) is 0. The number of carbonyl (C=O) groups is 1. The van der Waals surface area contributed by atoms with Crippen molar-refractivity contribution in [2.45, 2.75) is 6.36 Å². The van der Waals surface area contributed by atoms with E-state index in [-0.39, 0.29) is 22.7 Å². The van der Waals surface area contributed by atoms with Crippen LogP contribution in [0, 0.1) is 0 Å². The van der Waals surface area contributed by atoms with Gasteiger partial charge in [0.1, 0.15) is 5.75 Å². The first-order valence-corrected chi connectivity index (χ1v) is 5.24. The summed E-state index contributed by atoms with van der Waals surface area (Å²) in [6, 6.07) is 5.06. The summed E-state index contributed by atoms with van der Waals surface area (Å²) >= 11 is 2.92.